The molecule has 0 radical (unpaired) electrons. The Morgan fingerprint density at radius 1 is 1.54 bits per heavy atom. The van der Waals surface area contributed by atoms with E-state index in [1.54, 1.807) is 0 Å². The number of ketones is 1. The van der Waals surface area contributed by atoms with E-state index in [1.807, 2.05) is 6.92 Å². The lowest BCUT2D eigenvalue weighted by Crippen LogP contribution is -2.34. The number of carbonyl (C=O) groups excluding carboxylic acids is 2. The molecule has 0 aromatic rings. The Kier molecular flexibility index (Phi) is 3.42. The molecule has 0 aromatic heterocycles. The minimum atomic E-state index is -0.0747. The van der Waals surface area contributed by atoms with Gasteiger partial charge in [-0.2, -0.15) is 0 Å². The van der Waals surface area contributed by atoms with Gasteiger partial charge in [0.2, 0.25) is 5.91 Å². The first-order valence-electron chi connectivity index (χ1n) is 4.48. The number of carbonyl (C=O) groups is 2. The lowest BCUT2D eigenvalue weighted by atomic mass is 10.1. The Morgan fingerprint density at radius 3 is 2.69 bits per heavy atom. The molecule has 4 nitrogen and oxygen atoms in total. The molecular weight excluding hydrogens is 170 g/mol. The van der Waals surface area contributed by atoms with Gasteiger partial charge in [0, 0.05) is 0 Å². The van der Waals surface area contributed by atoms with Gasteiger partial charge in [0.1, 0.15) is 5.78 Å². The van der Waals surface area contributed by atoms with Crippen molar-refractivity contribution in [2.45, 2.75) is 26.4 Å². The molecule has 0 saturated carbocycles. The lowest BCUT2D eigenvalue weighted by Gasteiger charge is -2.07. The molecule has 2 atom stereocenters. The Balaban J connectivity index is 2.27. The number of amides is 1. The average Bonchev–Trinajstić information content (AvgIpc) is 2.47. The minimum absolute atomic E-state index is 0.0275. The number of hydrogen-bond acceptors (Lipinski definition) is 3. The summed E-state index contributed by atoms with van der Waals surface area (Å²) in [5.41, 5.74) is 0. The van der Waals surface area contributed by atoms with Crippen LogP contribution in [0.3, 0.4) is 0 Å². The first-order valence-corrected chi connectivity index (χ1v) is 4.48. The molecule has 1 N–H and O–H groups in total. The Morgan fingerprint density at radius 2 is 2.23 bits per heavy atom. The van der Waals surface area contributed by atoms with Crippen LogP contribution in [0.1, 0.15) is 20.3 Å². The van der Waals surface area contributed by atoms with Crippen LogP contribution < -0.4 is 5.32 Å². The van der Waals surface area contributed by atoms with Crippen molar-refractivity contribution in [3.8, 4) is 0 Å². The summed E-state index contributed by atoms with van der Waals surface area (Å²) in [7, 11) is 0. The molecule has 0 aliphatic carbocycles. The molecule has 74 valence electrons. The Hall–Kier alpha value is -0.900. The van der Waals surface area contributed by atoms with Crippen molar-refractivity contribution >= 4 is 11.7 Å². The zero-order valence-corrected chi connectivity index (χ0v) is 8.00. The van der Waals surface area contributed by atoms with Crippen molar-refractivity contribution < 1.29 is 14.3 Å². The van der Waals surface area contributed by atoms with Gasteiger partial charge in [-0.25, -0.2) is 0 Å². The van der Waals surface area contributed by atoms with E-state index in [9.17, 15) is 9.59 Å². The highest BCUT2D eigenvalue weighted by Crippen LogP contribution is 2.18. The fourth-order valence-corrected chi connectivity index (χ4v) is 1.36. The van der Waals surface area contributed by atoms with Crippen LogP contribution >= 0.6 is 0 Å². The quantitative estimate of drug-likeness (QED) is 0.679. The topological polar surface area (TPSA) is 55.4 Å². The monoisotopic (exact) mass is 185 g/mol. The zero-order valence-electron chi connectivity index (χ0n) is 8.00. The summed E-state index contributed by atoms with van der Waals surface area (Å²) in [6.07, 6.45) is 0.914. The third kappa shape index (κ3) is 3.14. The van der Waals surface area contributed by atoms with Crippen LogP contribution in [0, 0.1) is 5.92 Å². The molecule has 13 heavy (non-hydrogen) atoms. The van der Waals surface area contributed by atoms with Gasteiger partial charge in [0.25, 0.3) is 0 Å². The van der Waals surface area contributed by atoms with E-state index in [-0.39, 0.29) is 30.3 Å². The molecule has 2 unspecified atom stereocenters. The van der Waals surface area contributed by atoms with Crippen LogP contribution in [-0.4, -0.2) is 30.9 Å². The van der Waals surface area contributed by atoms with Crippen molar-refractivity contribution in [2.24, 2.45) is 5.92 Å². The van der Waals surface area contributed by atoms with Gasteiger partial charge in [0.15, 0.2) is 0 Å². The maximum atomic E-state index is 11.4. The standard InChI is InChI=1S/C9H15NO3/c1-6(11)4-10-9(12)8-3-7(2)13-5-8/h7-8H,3-5H2,1-2H3,(H,10,12). The molecule has 0 aromatic carbocycles. The van der Waals surface area contributed by atoms with E-state index in [0.717, 1.165) is 6.42 Å². The fourth-order valence-electron chi connectivity index (χ4n) is 1.36. The summed E-state index contributed by atoms with van der Waals surface area (Å²) in [6.45, 7) is 4.00. The number of hydrogen-bond donors (Lipinski definition) is 1. The predicted octanol–water partition coefficient (Wildman–Crippen LogP) is 0.117. The van der Waals surface area contributed by atoms with E-state index in [0.29, 0.717) is 6.61 Å². The summed E-state index contributed by atoms with van der Waals surface area (Å²) in [5, 5.41) is 2.58. The average molecular weight is 185 g/mol. The molecule has 0 spiro atoms. The molecule has 1 fully saturated rings. The van der Waals surface area contributed by atoms with E-state index < -0.39 is 0 Å². The number of nitrogens with one attached hydrogen (secondary N) is 1. The van der Waals surface area contributed by atoms with E-state index in [4.69, 9.17) is 4.74 Å². The molecule has 4 heteroatoms. The lowest BCUT2D eigenvalue weighted by molar-refractivity contribution is -0.127. The minimum Gasteiger partial charge on any atom is -0.378 e. The van der Waals surface area contributed by atoms with Crippen molar-refractivity contribution in [3.63, 3.8) is 0 Å². The predicted molar refractivity (Wildman–Crippen MR) is 47.2 cm³/mol. The molecule has 1 heterocycles. The van der Waals surface area contributed by atoms with E-state index in [1.165, 1.54) is 6.92 Å². The highest BCUT2D eigenvalue weighted by atomic mass is 16.5. The number of rotatable bonds is 3. The second-order valence-electron chi connectivity index (χ2n) is 3.50. The van der Waals surface area contributed by atoms with Crippen molar-refractivity contribution in [2.75, 3.05) is 13.2 Å². The van der Waals surface area contributed by atoms with Crippen molar-refractivity contribution in [3.05, 3.63) is 0 Å². The van der Waals surface area contributed by atoms with Crippen LogP contribution in [0.2, 0.25) is 0 Å². The summed E-state index contributed by atoms with van der Waals surface area (Å²) in [4.78, 5) is 21.9. The summed E-state index contributed by atoms with van der Waals surface area (Å²) in [5.74, 6) is -0.172. The first kappa shape index (κ1) is 10.2. The fraction of sp³-hybridized carbons (Fsp3) is 0.778. The zero-order chi connectivity index (χ0) is 9.84. The molecule has 1 aliphatic heterocycles. The van der Waals surface area contributed by atoms with Crippen molar-refractivity contribution in [1.29, 1.82) is 0 Å². The van der Waals surface area contributed by atoms with Gasteiger partial charge in [-0.3, -0.25) is 9.59 Å². The largest absolute Gasteiger partial charge is 0.378 e. The van der Waals surface area contributed by atoms with Gasteiger partial charge >= 0.3 is 0 Å². The molecule has 0 bridgehead atoms. The van der Waals surface area contributed by atoms with Crippen LogP contribution in [-0.2, 0) is 14.3 Å². The highest BCUT2D eigenvalue weighted by molar-refractivity contribution is 5.85. The second kappa shape index (κ2) is 4.37. The molecular formula is C9H15NO3. The van der Waals surface area contributed by atoms with Gasteiger partial charge in [-0.15, -0.1) is 0 Å². The third-order valence-electron chi connectivity index (χ3n) is 2.08. The van der Waals surface area contributed by atoms with Gasteiger partial charge < -0.3 is 10.1 Å². The van der Waals surface area contributed by atoms with Gasteiger partial charge in [-0.05, 0) is 20.3 Å². The second-order valence-corrected chi connectivity index (χ2v) is 3.50. The molecule has 1 rings (SSSR count). The normalized spacial score (nSPS) is 27.2. The number of Topliss-reactive ketones (excluding diaryl/α,β-unsaturated/α-hetero) is 1. The maximum Gasteiger partial charge on any atom is 0.225 e. The van der Waals surface area contributed by atoms with Crippen molar-refractivity contribution in [1.82, 2.24) is 5.32 Å². The van der Waals surface area contributed by atoms with Gasteiger partial charge in [0.05, 0.1) is 25.2 Å². The van der Waals surface area contributed by atoms with Crippen LogP contribution in [0.5, 0.6) is 0 Å². The van der Waals surface area contributed by atoms with E-state index >= 15 is 0 Å². The Bertz CT molecular complexity index is 215. The SMILES string of the molecule is CC(=O)CNC(=O)C1COC(C)C1. The van der Waals surface area contributed by atoms with Crippen LogP contribution in [0.4, 0.5) is 0 Å². The Labute approximate surface area is 77.6 Å². The maximum absolute atomic E-state index is 11.4. The highest BCUT2D eigenvalue weighted by Gasteiger charge is 2.27. The summed E-state index contributed by atoms with van der Waals surface area (Å²) < 4.78 is 5.25. The first-order chi connectivity index (χ1) is 6.09. The smallest absolute Gasteiger partial charge is 0.225 e. The van der Waals surface area contributed by atoms with Gasteiger partial charge in [-0.1, -0.05) is 0 Å². The van der Waals surface area contributed by atoms with Crippen LogP contribution in [0.15, 0.2) is 0 Å². The molecule has 1 saturated heterocycles. The third-order valence-corrected chi connectivity index (χ3v) is 2.08. The van der Waals surface area contributed by atoms with E-state index in [2.05, 4.69) is 5.32 Å². The summed E-state index contributed by atoms with van der Waals surface area (Å²) >= 11 is 0. The molecule has 1 amide bonds. The van der Waals surface area contributed by atoms with Crippen LogP contribution in [0.25, 0.3) is 0 Å². The number of ether oxygens (including phenoxy) is 1. The molecule has 1 aliphatic rings. The summed E-state index contributed by atoms with van der Waals surface area (Å²) in [6, 6.07) is 0.